The van der Waals surface area contributed by atoms with Gasteiger partial charge >= 0.3 is 0 Å². The van der Waals surface area contributed by atoms with Gasteiger partial charge in [0.25, 0.3) is 0 Å². The van der Waals surface area contributed by atoms with E-state index in [1.54, 1.807) is 0 Å². The van der Waals surface area contributed by atoms with Gasteiger partial charge in [-0.2, -0.15) is 0 Å². The molecule has 0 saturated heterocycles. The minimum Gasteiger partial charge on any atom is -0.0843 e. The third-order valence-electron chi connectivity index (χ3n) is 5.31. The topological polar surface area (TPSA) is 0 Å². The molecule has 23 heavy (non-hydrogen) atoms. The molecular formula is C20H18Cl2Si. The molecule has 2 aromatic carbocycles. The molecule has 0 heterocycles. The number of rotatable bonds is 2. The van der Waals surface area contributed by atoms with Gasteiger partial charge in [-0.25, -0.2) is 0 Å². The van der Waals surface area contributed by atoms with Gasteiger partial charge in [0.05, 0.1) is 8.07 Å². The van der Waals surface area contributed by atoms with Crippen LogP contribution in [0.15, 0.2) is 48.6 Å². The Labute approximate surface area is 148 Å². The summed E-state index contributed by atoms with van der Waals surface area (Å²) < 4.78 is 0. The lowest BCUT2D eigenvalue weighted by Crippen LogP contribution is -2.39. The largest absolute Gasteiger partial charge is 0.0843 e. The van der Waals surface area contributed by atoms with Crippen LogP contribution < -0.4 is 0 Å². The Morgan fingerprint density at radius 3 is 1.61 bits per heavy atom. The minimum atomic E-state index is -1.63. The number of hydrogen-bond acceptors (Lipinski definition) is 0. The second-order valence-corrected chi connectivity index (χ2v) is 12.8. The summed E-state index contributed by atoms with van der Waals surface area (Å²) in [5.41, 5.74) is 6.46. The zero-order valence-corrected chi connectivity index (χ0v) is 15.7. The Bertz CT molecular complexity index is 779. The van der Waals surface area contributed by atoms with Crippen molar-refractivity contribution in [2.75, 3.05) is 0 Å². The molecular weight excluding hydrogens is 339 g/mol. The summed E-state index contributed by atoms with van der Waals surface area (Å²) in [6, 6.07) is 12.6. The molecule has 116 valence electrons. The molecule has 2 unspecified atom stereocenters. The van der Waals surface area contributed by atoms with Gasteiger partial charge in [-0.1, -0.05) is 72.7 Å². The molecule has 0 spiro atoms. The molecule has 0 amide bonds. The molecule has 2 aromatic rings. The molecule has 4 rings (SSSR count). The van der Waals surface area contributed by atoms with E-state index in [-0.39, 0.29) is 0 Å². The minimum absolute atomic E-state index is 0.519. The molecule has 0 aromatic heterocycles. The predicted octanol–water partition coefficient (Wildman–Crippen LogP) is 6.70. The zero-order chi connectivity index (χ0) is 16.2. The average Bonchev–Trinajstić information content (AvgIpc) is 3.10. The molecule has 0 radical (unpaired) electrons. The van der Waals surface area contributed by atoms with E-state index >= 15 is 0 Å². The van der Waals surface area contributed by atoms with E-state index in [0.29, 0.717) is 11.1 Å². The van der Waals surface area contributed by atoms with Gasteiger partial charge in [-0.15, -0.1) is 0 Å². The standard InChI is InChI=1S/C20H18Cl2Si/c1-23(2,19-9-3-13-11-15(21)5-7-17(13)19)20-10-4-14-12-16(22)6-8-18(14)20/h3-12,19-20H,1-2H3. The van der Waals surface area contributed by atoms with Crippen molar-refractivity contribution < 1.29 is 0 Å². The summed E-state index contributed by atoms with van der Waals surface area (Å²) in [7, 11) is -1.63. The number of fused-ring (bicyclic) bond motifs is 2. The van der Waals surface area contributed by atoms with Crippen LogP contribution in [0.4, 0.5) is 0 Å². The van der Waals surface area contributed by atoms with Crippen LogP contribution in [-0.2, 0) is 0 Å². The van der Waals surface area contributed by atoms with Crippen LogP contribution in [0.5, 0.6) is 0 Å². The predicted molar refractivity (Wildman–Crippen MR) is 104 cm³/mol. The van der Waals surface area contributed by atoms with E-state index in [4.69, 9.17) is 23.2 Å². The Hall–Kier alpha value is -1.28. The fourth-order valence-electron chi connectivity index (χ4n) is 4.04. The molecule has 2 atom stereocenters. The van der Waals surface area contributed by atoms with Crippen LogP contribution >= 0.6 is 23.2 Å². The fraction of sp³-hybridized carbons (Fsp3) is 0.200. The molecule has 0 bridgehead atoms. The van der Waals surface area contributed by atoms with Crippen molar-refractivity contribution in [2.45, 2.75) is 24.2 Å². The third-order valence-corrected chi connectivity index (χ3v) is 9.99. The van der Waals surface area contributed by atoms with Crippen molar-refractivity contribution in [3.63, 3.8) is 0 Å². The molecule has 2 aliphatic rings. The van der Waals surface area contributed by atoms with Crippen LogP contribution in [0.3, 0.4) is 0 Å². The van der Waals surface area contributed by atoms with E-state index in [2.05, 4.69) is 61.7 Å². The maximum absolute atomic E-state index is 6.15. The number of allylic oxidation sites excluding steroid dienone is 2. The van der Waals surface area contributed by atoms with Gasteiger partial charge in [0.15, 0.2) is 0 Å². The lowest BCUT2D eigenvalue weighted by atomic mass is 10.1. The van der Waals surface area contributed by atoms with Crippen molar-refractivity contribution in [2.24, 2.45) is 0 Å². The third kappa shape index (κ3) is 2.42. The molecule has 0 saturated carbocycles. The summed E-state index contributed by atoms with van der Waals surface area (Å²) in [5, 5.41) is 1.63. The monoisotopic (exact) mass is 356 g/mol. The Morgan fingerprint density at radius 1 is 0.739 bits per heavy atom. The summed E-state index contributed by atoms with van der Waals surface area (Å²) >= 11 is 12.3. The highest BCUT2D eigenvalue weighted by atomic mass is 35.5. The van der Waals surface area contributed by atoms with Crippen molar-refractivity contribution in [1.82, 2.24) is 0 Å². The SMILES string of the molecule is C[Si](C)(C1C=Cc2cc(Cl)ccc21)C1C=Cc2cc(Cl)ccc21. The number of benzene rings is 2. The average molecular weight is 357 g/mol. The molecule has 2 aliphatic carbocycles. The fourth-order valence-corrected chi connectivity index (χ4v) is 8.11. The van der Waals surface area contributed by atoms with E-state index in [0.717, 1.165) is 10.0 Å². The highest BCUT2D eigenvalue weighted by molar-refractivity contribution is 6.81. The van der Waals surface area contributed by atoms with E-state index in [1.165, 1.54) is 22.3 Å². The second kappa shape index (κ2) is 5.37. The quantitative estimate of drug-likeness (QED) is 0.525. The number of halogens is 2. The maximum Gasteiger partial charge on any atom is 0.0715 e. The van der Waals surface area contributed by atoms with Crippen molar-refractivity contribution >= 4 is 43.4 Å². The maximum atomic E-state index is 6.15. The number of hydrogen-bond donors (Lipinski definition) is 0. The molecule has 3 heteroatoms. The van der Waals surface area contributed by atoms with Gasteiger partial charge in [-0.3, -0.25) is 0 Å². The first-order valence-corrected chi connectivity index (χ1v) is 11.8. The van der Waals surface area contributed by atoms with Crippen LogP contribution in [0.2, 0.25) is 23.1 Å². The summed E-state index contributed by atoms with van der Waals surface area (Å²) in [5.74, 6) is 0. The lowest BCUT2D eigenvalue weighted by molar-refractivity contribution is 1.05. The highest BCUT2D eigenvalue weighted by Crippen LogP contribution is 2.47. The van der Waals surface area contributed by atoms with E-state index in [9.17, 15) is 0 Å². The van der Waals surface area contributed by atoms with Crippen LogP contribution in [0.25, 0.3) is 12.2 Å². The lowest BCUT2D eigenvalue weighted by Gasteiger charge is -2.35. The Balaban J connectivity index is 1.74. The van der Waals surface area contributed by atoms with Crippen LogP contribution in [0.1, 0.15) is 33.3 Å². The molecule has 0 nitrogen and oxygen atoms in total. The zero-order valence-electron chi connectivity index (χ0n) is 13.2. The summed E-state index contributed by atoms with van der Waals surface area (Å²) in [4.78, 5) is 0. The highest BCUT2D eigenvalue weighted by Gasteiger charge is 2.42. The first-order chi connectivity index (χ1) is 11.0. The molecule has 0 fully saturated rings. The normalized spacial score (nSPS) is 21.6. The van der Waals surface area contributed by atoms with Crippen molar-refractivity contribution in [1.29, 1.82) is 0 Å². The van der Waals surface area contributed by atoms with Gasteiger partial charge in [0.1, 0.15) is 0 Å². The van der Waals surface area contributed by atoms with E-state index < -0.39 is 8.07 Å². The summed E-state index contributed by atoms with van der Waals surface area (Å²) in [6.45, 7) is 4.98. The smallest absolute Gasteiger partial charge is 0.0715 e. The molecule has 0 N–H and O–H groups in total. The summed E-state index contributed by atoms with van der Waals surface area (Å²) in [6.07, 6.45) is 9.24. The van der Waals surface area contributed by atoms with Gasteiger partial charge < -0.3 is 0 Å². The van der Waals surface area contributed by atoms with Gasteiger partial charge in [0, 0.05) is 10.0 Å². The van der Waals surface area contributed by atoms with Gasteiger partial charge in [-0.05, 0) is 57.6 Å². The van der Waals surface area contributed by atoms with E-state index in [1.807, 2.05) is 12.1 Å². The van der Waals surface area contributed by atoms with Crippen LogP contribution in [0, 0.1) is 0 Å². The van der Waals surface area contributed by atoms with Gasteiger partial charge in [0.2, 0.25) is 0 Å². The van der Waals surface area contributed by atoms with Crippen LogP contribution in [-0.4, -0.2) is 8.07 Å². The molecule has 0 aliphatic heterocycles. The van der Waals surface area contributed by atoms with Crippen molar-refractivity contribution in [3.8, 4) is 0 Å². The Morgan fingerprint density at radius 2 is 1.17 bits per heavy atom. The Kier molecular flexibility index (Phi) is 3.56. The first-order valence-electron chi connectivity index (χ1n) is 7.92. The van der Waals surface area contributed by atoms with Crippen molar-refractivity contribution in [3.05, 3.63) is 80.8 Å². The second-order valence-electron chi connectivity index (χ2n) is 7.04. The first kappa shape index (κ1) is 15.3.